The molecule has 0 aliphatic heterocycles. The van der Waals surface area contributed by atoms with Gasteiger partial charge in [-0.25, -0.2) is 0 Å². The first-order chi connectivity index (χ1) is 10.1. The van der Waals surface area contributed by atoms with E-state index < -0.39 is 0 Å². The second-order valence-electron chi connectivity index (χ2n) is 4.13. The standard InChI is InChI=1S/C14H12Cl2N4S/c1-9(10-4-6-17-7-5-10)19-20-14(21)18-11-2-3-12(15)13(16)8-11/h2-8H,1H3,(H2,18,20,21)/b19-9-. The maximum Gasteiger partial charge on any atom is 0.191 e. The Morgan fingerprint density at radius 1 is 1.14 bits per heavy atom. The van der Waals surface area contributed by atoms with Gasteiger partial charge >= 0.3 is 0 Å². The van der Waals surface area contributed by atoms with E-state index in [1.165, 1.54) is 0 Å². The van der Waals surface area contributed by atoms with Gasteiger partial charge in [-0.3, -0.25) is 10.4 Å². The molecule has 0 atom stereocenters. The molecule has 0 unspecified atom stereocenters. The van der Waals surface area contributed by atoms with Crippen molar-refractivity contribution in [1.82, 2.24) is 10.4 Å². The summed E-state index contributed by atoms with van der Waals surface area (Å²) in [6.45, 7) is 1.88. The average Bonchev–Trinajstić information content (AvgIpc) is 2.49. The Morgan fingerprint density at radius 2 is 1.86 bits per heavy atom. The fraction of sp³-hybridized carbons (Fsp3) is 0.0714. The van der Waals surface area contributed by atoms with Crippen LogP contribution in [0.2, 0.25) is 10.0 Å². The van der Waals surface area contributed by atoms with Crippen LogP contribution < -0.4 is 10.7 Å². The molecule has 1 heterocycles. The topological polar surface area (TPSA) is 49.3 Å². The minimum Gasteiger partial charge on any atom is -0.331 e. The summed E-state index contributed by atoms with van der Waals surface area (Å²) in [4.78, 5) is 3.96. The van der Waals surface area contributed by atoms with E-state index in [0.29, 0.717) is 15.2 Å². The van der Waals surface area contributed by atoms with Crippen LogP contribution >= 0.6 is 35.4 Å². The average molecular weight is 339 g/mol. The highest BCUT2D eigenvalue weighted by Gasteiger charge is 2.02. The summed E-state index contributed by atoms with van der Waals surface area (Å²) in [6, 6.07) is 8.91. The molecular formula is C14H12Cl2N4S. The highest BCUT2D eigenvalue weighted by molar-refractivity contribution is 7.80. The molecule has 0 radical (unpaired) electrons. The lowest BCUT2D eigenvalue weighted by Crippen LogP contribution is -2.24. The lowest BCUT2D eigenvalue weighted by Gasteiger charge is -2.08. The number of nitrogens with zero attached hydrogens (tertiary/aromatic N) is 2. The summed E-state index contributed by atoms with van der Waals surface area (Å²) < 4.78 is 0. The zero-order valence-corrected chi connectivity index (χ0v) is 13.4. The van der Waals surface area contributed by atoms with Crippen LogP contribution in [-0.4, -0.2) is 15.8 Å². The van der Waals surface area contributed by atoms with Crippen molar-refractivity contribution in [3.05, 3.63) is 58.3 Å². The number of hydrogen-bond donors (Lipinski definition) is 2. The van der Waals surface area contributed by atoms with Crippen molar-refractivity contribution >= 4 is 51.9 Å². The van der Waals surface area contributed by atoms with Gasteiger partial charge in [0.1, 0.15) is 0 Å². The SMILES string of the molecule is C/C(=N/NC(=S)Nc1ccc(Cl)c(Cl)c1)c1ccncc1. The normalized spacial score (nSPS) is 11.1. The summed E-state index contributed by atoms with van der Waals surface area (Å²) in [7, 11) is 0. The van der Waals surface area contributed by atoms with Crippen LogP contribution in [0.25, 0.3) is 0 Å². The van der Waals surface area contributed by atoms with Gasteiger partial charge in [-0.1, -0.05) is 23.2 Å². The molecule has 7 heteroatoms. The first-order valence-corrected chi connectivity index (χ1v) is 7.19. The molecule has 21 heavy (non-hydrogen) atoms. The van der Waals surface area contributed by atoms with Gasteiger partial charge in [-0.2, -0.15) is 5.10 Å². The molecule has 0 aliphatic rings. The van der Waals surface area contributed by atoms with Crippen LogP contribution in [0.5, 0.6) is 0 Å². The van der Waals surface area contributed by atoms with Gasteiger partial charge in [-0.15, -0.1) is 0 Å². The van der Waals surface area contributed by atoms with E-state index in [9.17, 15) is 0 Å². The molecule has 0 saturated carbocycles. The molecule has 2 rings (SSSR count). The fourth-order valence-corrected chi connectivity index (χ4v) is 1.99. The first-order valence-electron chi connectivity index (χ1n) is 6.03. The summed E-state index contributed by atoms with van der Waals surface area (Å²) in [5, 5.41) is 8.50. The number of pyridine rings is 1. The van der Waals surface area contributed by atoms with Crippen molar-refractivity contribution in [3.63, 3.8) is 0 Å². The highest BCUT2D eigenvalue weighted by Crippen LogP contribution is 2.24. The van der Waals surface area contributed by atoms with E-state index in [-0.39, 0.29) is 0 Å². The predicted octanol–water partition coefficient (Wildman–Crippen LogP) is 4.10. The Kier molecular flexibility index (Phi) is 5.50. The second kappa shape index (κ2) is 7.36. The summed E-state index contributed by atoms with van der Waals surface area (Å²) >= 11 is 17.0. The third-order valence-corrected chi connectivity index (χ3v) is 3.53. The maximum atomic E-state index is 5.94. The van der Waals surface area contributed by atoms with Crippen LogP contribution in [-0.2, 0) is 0 Å². The Balaban J connectivity index is 1.97. The van der Waals surface area contributed by atoms with Crippen molar-refractivity contribution in [1.29, 1.82) is 0 Å². The third kappa shape index (κ3) is 4.67. The Labute approximate surface area is 138 Å². The van der Waals surface area contributed by atoms with Gasteiger partial charge in [0.25, 0.3) is 0 Å². The fourth-order valence-electron chi connectivity index (χ4n) is 1.53. The van der Waals surface area contributed by atoms with Gasteiger partial charge in [0.05, 0.1) is 15.8 Å². The van der Waals surface area contributed by atoms with Crippen LogP contribution in [0.1, 0.15) is 12.5 Å². The van der Waals surface area contributed by atoms with E-state index in [2.05, 4.69) is 20.8 Å². The Morgan fingerprint density at radius 3 is 2.52 bits per heavy atom. The van der Waals surface area contributed by atoms with Crippen LogP contribution in [0.3, 0.4) is 0 Å². The van der Waals surface area contributed by atoms with Crippen LogP contribution in [0.4, 0.5) is 5.69 Å². The number of hydrogen-bond acceptors (Lipinski definition) is 3. The number of hydrazone groups is 1. The predicted molar refractivity (Wildman–Crippen MR) is 92.3 cm³/mol. The molecule has 108 valence electrons. The minimum absolute atomic E-state index is 0.363. The number of thiocarbonyl (C=S) groups is 1. The van der Waals surface area contributed by atoms with Gasteiger partial charge < -0.3 is 5.32 Å². The monoisotopic (exact) mass is 338 g/mol. The second-order valence-corrected chi connectivity index (χ2v) is 5.35. The Hall–Kier alpha value is -1.69. The lowest BCUT2D eigenvalue weighted by molar-refractivity contribution is 1.04. The highest BCUT2D eigenvalue weighted by atomic mass is 35.5. The smallest absolute Gasteiger partial charge is 0.191 e. The number of nitrogens with one attached hydrogen (secondary N) is 2. The van der Waals surface area contributed by atoms with Crippen LogP contribution in [0.15, 0.2) is 47.8 Å². The maximum absolute atomic E-state index is 5.94. The van der Waals surface area contributed by atoms with E-state index in [4.69, 9.17) is 35.4 Å². The number of rotatable bonds is 3. The molecule has 0 saturated heterocycles. The van der Waals surface area contributed by atoms with Gasteiger partial charge in [-0.05, 0) is 49.5 Å². The van der Waals surface area contributed by atoms with Crippen molar-refractivity contribution in [3.8, 4) is 0 Å². The molecule has 1 aromatic heterocycles. The third-order valence-electron chi connectivity index (χ3n) is 2.60. The largest absolute Gasteiger partial charge is 0.331 e. The van der Waals surface area contributed by atoms with Crippen molar-refractivity contribution < 1.29 is 0 Å². The zero-order chi connectivity index (χ0) is 15.2. The number of halogens is 2. The molecule has 0 bridgehead atoms. The van der Waals surface area contributed by atoms with E-state index in [1.807, 2.05) is 19.1 Å². The molecule has 2 N–H and O–H groups in total. The van der Waals surface area contributed by atoms with Gasteiger partial charge in [0, 0.05) is 23.6 Å². The number of aromatic nitrogens is 1. The van der Waals surface area contributed by atoms with E-state index in [1.54, 1.807) is 30.6 Å². The van der Waals surface area contributed by atoms with Gasteiger partial charge in [0.15, 0.2) is 5.11 Å². The molecule has 0 aliphatic carbocycles. The summed E-state index contributed by atoms with van der Waals surface area (Å²) in [6.07, 6.45) is 3.42. The summed E-state index contributed by atoms with van der Waals surface area (Å²) in [5.41, 5.74) is 5.28. The van der Waals surface area contributed by atoms with Crippen molar-refractivity contribution in [2.75, 3.05) is 5.32 Å². The lowest BCUT2D eigenvalue weighted by atomic mass is 10.2. The molecule has 4 nitrogen and oxygen atoms in total. The van der Waals surface area contributed by atoms with E-state index >= 15 is 0 Å². The quantitative estimate of drug-likeness (QED) is 0.502. The van der Waals surface area contributed by atoms with Crippen molar-refractivity contribution in [2.24, 2.45) is 5.10 Å². The minimum atomic E-state index is 0.363. The van der Waals surface area contributed by atoms with E-state index in [0.717, 1.165) is 17.0 Å². The molecule has 0 fully saturated rings. The molecular weight excluding hydrogens is 327 g/mol. The Bertz CT molecular complexity index is 674. The first kappa shape index (κ1) is 15.7. The van der Waals surface area contributed by atoms with Crippen LogP contribution in [0, 0.1) is 0 Å². The van der Waals surface area contributed by atoms with Crippen molar-refractivity contribution in [2.45, 2.75) is 6.92 Å². The molecule has 1 aromatic carbocycles. The zero-order valence-electron chi connectivity index (χ0n) is 11.1. The number of anilines is 1. The molecule has 2 aromatic rings. The number of benzene rings is 1. The van der Waals surface area contributed by atoms with Gasteiger partial charge in [0.2, 0.25) is 0 Å². The summed E-state index contributed by atoms with van der Waals surface area (Å²) in [5.74, 6) is 0. The molecule has 0 amide bonds. The molecule has 0 spiro atoms.